The van der Waals surface area contributed by atoms with Crippen molar-refractivity contribution in [1.82, 2.24) is 0 Å². The van der Waals surface area contributed by atoms with Gasteiger partial charge < -0.3 is 4.74 Å². The van der Waals surface area contributed by atoms with Gasteiger partial charge in [-0.25, -0.2) is 4.79 Å². The van der Waals surface area contributed by atoms with Gasteiger partial charge in [-0.05, 0) is 36.7 Å². The maximum atomic E-state index is 10.5. The lowest BCUT2D eigenvalue weighted by Gasteiger charge is -1.84. The lowest BCUT2D eigenvalue weighted by atomic mass is 10.4. The van der Waals surface area contributed by atoms with Crippen molar-refractivity contribution in [2.45, 2.75) is 6.92 Å². The molecule has 0 aromatic rings. The minimum absolute atomic E-state index is 0.435. The normalized spacial score (nSPS) is 6.92. The summed E-state index contributed by atoms with van der Waals surface area (Å²) in [5.41, 5.74) is 0. The van der Waals surface area contributed by atoms with Gasteiger partial charge in [0.05, 0.1) is 7.11 Å². The van der Waals surface area contributed by atoms with Gasteiger partial charge in [0.2, 0.25) is 0 Å². The Kier molecular flexibility index (Phi) is 6.69. The molecular weight excluding hydrogens is 164 g/mol. The van der Waals surface area contributed by atoms with Gasteiger partial charge in [-0.2, -0.15) is 0 Å². The highest BCUT2D eigenvalue weighted by Gasteiger charge is 1.85. The van der Waals surface area contributed by atoms with E-state index in [-0.39, 0.29) is 0 Å². The van der Waals surface area contributed by atoms with Crippen LogP contribution in [0.4, 0.5) is 0 Å². The molecule has 0 rings (SSSR count). The average Bonchev–Trinajstić information content (AvgIpc) is 2.16. The molecule has 0 unspecified atom stereocenters. The smallest absolute Gasteiger partial charge is 0.331 e. The molecule has 0 aromatic heterocycles. The molecule has 0 saturated carbocycles. The highest BCUT2D eigenvalue weighted by Crippen LogP contribution is 1.75. The third-order valence-electron chi connectivity index (χ3n) is 0.889. The molecule has 64 valence electrons. The quantitative estimate of drug-likeness (QED) is 0.331. The molecule has 2 nitrogen and oxygen atoms in total. The first-order valence-electron chi connectivity index (χ1n) is 3.48. The first-order valence-corrected chi connectivity index (χ1v) is 3.48. The van der Waals surface area contributed by atoms with Crippen LogP contribution < -0.4 is 0 Å². The number of ether oxygens (including phenoxy) is 1. The molecule has 0 fully saturated rings. The zero-order chi connectivity index (χ0) is 9.94. The van der Waals surface area contributed by atoms with Crippen LogP contribution in [0.25, 0.3) is 0 Å². The van der Waals surface area contributed by atoms with E-state index in [9.17, 15) is 4.79 Å². The van der Waals surface area contributed by atoms with E-state index < -0.39 is 5.97 Å². The predicted molar refractivity (Wildman–Crippen MR) is 50.2 cm³/mol. The van der Waals surface area contributed by atoms with Gasteiger partial charge in [0.15, 0.2) is 0 Å². The Morgan fingerprint density at radius 1 is 1.23 bits per heavy atom. The Morgan fingerprint density at radius 2 is 1.92 bits per heavy atom. The minimum Gasteiger partial charge on any atom is -0.466 e. The van der Waals surface area contributed by atoms with Gasteiger partial charge in [0, 0.05) is 6.08 Å². The van der Waals surface area contributed by atoms with Crippen LogP contribution in [0.2, 0.25) is 0 Å². The second-order valence-electron chi connectivity index (χ2n) is 1.75. The van der Waals surface area contributed by atoms with Gasteiger partial charge in [-0.3, -0.25) is 0 Å². The molecule has 0 saturated heterocycles. The van der Waals surface area contributed by atoms with Gasteiger partial charge in [0.1, 0.15) is 0 Å². The van der Waals surface area contributed by atoms with Crippen LogP contribution in [0.5, 0.6) is 0 Å². The molecule has 13 heavy (non-hydrogen) atoms. The molecule has 0 heterocycles. The minimum atomic E-state index is -0.435. The van der Waals surface area contributed by atoms with Crippen LogP contribution >= 0.6 is 0 Å². The summed E-state index contributed by atoms with van der Waals surface area (Å²) in [6.07, 6.45) is 2.60. The maximum Gasteiger partial charge on any atom is 0.331 e. The van der Waals surface area contributed by atoms with Crippen molar-refractivity contribution in [3.8, 4) is 35.5 Å². The number of methoxy groups -OCH3 is 1. The van der Waals surface area contributed by atoms with Crippen molar-refractivity contribution in [3.63, 3.8) is 0 Å². The van der Waals surface area contributed by atoms with Crippen molar-refractivity contribution in [2.75, 3.05) is 7.11 Å². The van der Waals surface area contributed by atoms with E-state index in [2.05, 4.69) is 40.3 Å². The number of hydrogen-bond donors (Lipinski definition) is 0. The second-order valence-corrected chi connectivity index (χ2v) is 1.75. The molecule has 0 amide bonds. The van der Waals surface area contributed by atoms with E-state index in [1.807, 2.05) is 0 Å². The average molecular weight is 172 g/mol. The molecule has 0 bridgehead atoms. The number of rotatable bonds is 1. The summed E-state index contributed by atoms with van der Waals surface area (Å²) >= 11 is 0. The lowest BCUT2D eigenvalue weighted by Crippen LogP contribution is -1.92. The molecule has 0 spiro atoms. The van der Waals surface area contributed by atoms with E-state index in [1.54, 1.807) is 6.92 Å². The number of hydrogen-bond acceptors (Lipinski definition) is 2. The zero-order valence-electron chi connectivity index (χ0n) is 7.47. The van der Waals surface area contributed by atoms with Crippen molar-refractivity contribution in [3.05, 3.63) is 12.2 Å². The zero-order valence-corrected chi connectivity index (χ0v) is 7.47. The van der Waals surface area contributed by atoms with E-state index in [1.165, 1.54) is 19.3 Å². The van der Waals surface area contributed by atoms with Gasteiger partial charge in [-0.1, -0.05) is 11.8 Å². The highest BCUT2D eigenvalue weighted by molar-refractivity contribution is 5.82. The van der Waals surface area contributed by atoms with Gasteiger partial charge in [-0.15, -0.1) is 0 Å². The third-order valence-corrected chi connectivity index (χ3v) is 0.889. The fraction of sp³-hybridized carbons (Fsp3) is 0.182. The van der Waals surface area contributed by atoms with Crippen molar-refractivity contribution >= 4 is 5.97 Å². The summed E-state index contributed by atoms with van der Waals surface area (Å²) in [4.78, 5) is 10.5. The van der Waals surface area contributed by atoms with Crippen LogP contribution in [0.15, 0.2) is 12.2 Å². The molecule has 2 heteroatoms. The van der Waals surface area contributed by atoms with E-state index in [0.717, 1.165) is 0 Å². The Morgan fingerprint density at radius 3 is 2.54 bits per heavy atom. The molecule has 0 aromatic carbocycles. The third kappa shape index (κ3) is 7.79. The Hall–Kier alpha value is -2.11. The Balaban J connectivity index is 4.00. The molecule has 0 N–H and O–H groups in total. The highest BCUT2D eigenvalue weighted by atomic mass is 16.5. The Bertz CT molecular complexity index is 370. The monoisotopic (exact) mass is 172 g/mol. The van der Waals surface area contributed by atoms with Crippen LogP contribution in [-0.4, -0.2) is 13.1 Å². The van der Waals surface area contributed by atoms with E-state index in [0.29, 0.717) is 0 Å². The molecule has 0 atom stereocenters. The van der Waals surface area contributed by atoms with Crippen LogP contribution in [0.1, 0.15) is 6.92 Å². The maximum absolute atomic E-state index is 10.5. The second kappa shape index (κ2) is 7.99. The molecule has 0 aliphatic carbocycles. The number of carbonyl (C=O) groups is 1. The van der Waals surface area contributed by atoms with Crippen LogP contribution in [0.3, 0.4) is 0 Å². The number of carbonyl (C=O) groups excluding carboxylic acids is 1. The molecule has 0 aliphatic heterocycles. The topological polar surface area (TPSA) is 26.3 Å². The summed E-state index contributed by atoms with van der Waals surface area (Å²) in [5, 5.41) is 0. The van der Waals surface area contributed by atoms with Crippen LogP contribution in [-0.2, 0) is 9.53 Å². The Labute approximate surface area is 78.0 Å². The number of esters is 1. The molecular formula is C11H8O2. The summed E-state index contributed by atoms with van der Waals surface area (Å²) < 4.78 is 4.34. The van der Waals surface area contributed by atoms with Crippen molar-refractivity contribution < 1.29 is 9.53 Å². The van der Waals surface area contributed by atoms with Crippen molar-refractivity contribution in [2.24, 2.45) is 0 Å². The summed E-state index contributed by atoms with van der Waals surface area (Å²) in [7, 11) is 1.30. The molecule has 0 radical (unpaired) electrons. The fourth-order valence-corrected chi connectivity index (χ4v) is 0.381. The SMILES string of the molecule is CC#CC#CC#C/C=C\C(=O)OC. The fourth-order valence-electron chi connectivity index (χ4n) is 0.381. The summed E-state index contributed by atoms with van der Waals surface area (Å²) in [5.74, 6) is 14.7. The van der Waals surface area contributed by atoms with E-state index >= 15 is 0 Å². The van der Waals surface area contributed by atoms with Gasteiger partial charge >= 0.3 is 5.97 Å². The van der Waals surface area contributed by atoms with Crippen molar-refractivity contribution in [1.29, 1.82) is 0 Å². The number of allylic oxidation sites excluding steroid dienone is 1. The predicted octanol–water partition coefficient (Wildman–Crippen LogP) is 0.746. The first kappa shape index (κ1) is 10.9. The summed E-state index contributed by atoms with van der Waals surface area (Å²) in [6.45, 7) is 1.69. The largest absolute Gasteiger partial charge is 0.466 e. The van der Waals surface area contributed by atoms with Gasteiger partial charge in [0.25, 0.3) is 0 Å². The first-order chi connectivity index (χ1) is 6.31. The lowest BCUT2D eigenvalue weighted by molar-refractivity contribution is -0.134. The van der Waals surface area contributed by atoms with Crippen LogP contribution in [0, 0.1) is 35.5 Å². The van der Waals surface area contributed by atoms with E-state index in [4.69, 9.17) is 0 Å². The standard InChI is InChI=1S/C11H8O2/c1-3-4-5-6-7-8-9-10-11(12)13-2/h9-10H,1-2H3/b10-9-. The summed E-state index contributed by atoms with van der Waals surface area (Å²) in [6, 6.07) is 0. The molecule has 0 aliphatic rings.